The summed E-state index contributed by atoms with van der Waals surface area (Å²) in [6.07, 6.45) is 2.07. The molecule has 2 N–H and O–H groups in total. The molecule has 0 saturated heterocycles. The van der Waals surface area contributed by atoms with Crippen LogP contribution in [0.2, 0.25) is 10.0 Å². The van der Waals surface area contributed by atoms with Crippen molar-refractivity contribution in [1.82, 2.24) is 5.32 Å². The minimum absolute atomic E-state index is 0.143. The monoisotopic (exact) mass is 394 g/mol. The van der Waals surface area contributed by atoms with Crippen LogP contribution in [0.5, 0.6) is 0 Å². The highest BCUT2D eigenvalue weighted by Gasteiger charge is 2.13. The highest BCUT2D eigenvalue weighted by atomic mass is 35.5. The van der Waals surface area contributed by atoms with Crippen LogP contribution in [-0.2, 0) is 0 Å². The molecule has 2 aromatic carbocycles. The van der Waals surface area contributed by atoms with Crippen molar-refractivity contribution >= 4 is 46.2 Å². The molecule has 134 valence electrons. The maximum Gasteiger partial charge on any atom is 0.171 e. The van der Waals surface area contributed by atoms with Crippen molar-refractivity contribution in [1.29, 1.82) is 0 Å². The van der Waals surface area contributed by atoms with E-state index in [2.05, 4.69) is 55.7 Å². The predicted molar refractivity (Wildman–Crippen MR) is 114 cm³/mol. The molecule has 2 atom stereocenters. The van der Waals surface area contributed by atoms with Gasteiger partial charge in [0.05, 0.1) is 21.8 Å². The maximum absolute atomic E-state index is 6.20. The Labute approximate surface area is 165 Å². The van der Waals surface area contributed by atoms with Gasteiger partial charge in [-0.2, -0.15) is 0 Å². The lowest BCUT2D eigenvalue weighted by Gasteiger charge is -2.21. The summed E-state index contributed by atoms with van der Waals surface area (Å²) >= 11 is 17.7. The second-order valence-electron chi connectivity index (χ2n) is 6.14. The molecule has 0 fully saturated rings. The van der Waals surface area contributed by atoms with Crippen LogP contribution >= 0.6 is 35.4 Å². The van der Waals surface area contributed by atoms with Gasteiger partial charge in [-0.05, 0) is 54.2 Å². The summed E-state index contributed by atoms with van der Waals surface area (Å²) in [4.78, 5) is 0. The Balaban J connectivity index is 2.06. The Morgan fingerprint density at radius 1 is 1.00 bits per heavy atom. The van der Waals surface area contributed by atoms with Crippen molar-refractivity contribution in [3.8, 4) is 0 Å². The second-order valence-corrected chi connectivity index (χ2v) is 7.33. The quantitative estimate of drug-likeness (QED) is 0.518. The zero-order valence-corrected chi connectivity index (χ0v) is 17.1. The van der Waals surface area contributed by atoms with Crippen molar-refractivity contribution in [2.45, 2.75) is 45.6 Å². The molecule has 0 heterocycles. The summed E-state index contributed by atoms with van der Waals surface area (Å²) in [6, 6.07) is 14.3. The SMILES string of the molecule is CC[C@@H](C)c1ccc([C@H](CC)NC(=S)Nc2cccc(Cl)c2Cl)cc1. The van der Waals surface area contributed by atoms with Gasteiger partial charge in [0.2, 0.25) is 0 Å². The van der Waals surface area contributed by atoms with Crippen LogP contribution in [0, 0.1) is 0 Å². The first kappa shape index (κ1) is 20.0. The van der Waals surface area contributed by atoms with E-state index in [-0.39, 0.29) is 6.04 Å². The molecule has 2 aromatic rings. The smallest absolute Gasteiger partial charge is 0.171 e. The number of benzene rings is 2. The number of thiocarbonyl (C=S) groups is 1. The molecule has 0 amide bonds. The molecule has 0 aromatic heterocycles. The first-order chi connectivity index (χ1) is 12.0. The molecule has 2 rings (SSSR count). The van der Waals surface area contributed by atoms with Gasteiger partial charge in [0, 0.05) is 0 Å². The average Bonchev–Trinajstić information content (AvgIpc) is 2.63. The van der Waals surface area contributed by atoms with E-state index >= 15 is 0 Å². The number of anilines is 1. The number of rotatable bonds is 6. The van der Waals surface area contributed by atoms with Crippen LogP contribution in [0.3, 0.4) is 0 Å². The number of hydrogen-bond acceptors (Lipinski definition) is 1. The molecule has 25 heavy (non-hydrogen) atoms. The average molecular weight is 395 g/mol. The third-order valence-corrected chi connectivity index (χ3v) is 5.47. The summed E-state index contributed by atoms with van der Waals surface area (Å²) in [7, 11) is 0. The summed E-state index contributed by atoms with van der Waals surface area (Å²) in [5.74, 6) is 0.579. The van der Waals surface area contributed by atoms with E-state index < -0.39 is 0 Å². The van der Waals surface area contributed by atoms with Gasteiger partial charge in [0.1, 0.15) is 0 Å². The summed E-state index contributed by atoms with van der Waals surface area (Å²) in [6.45, 7) is 6.59. The molecule has 0 bridgehead atoms. The van der Waals surface area contributed by atoms with E-state index in [1.165, 1.54) is 11.1 Å². The fraction of sp³-hybridized carbons (Fsp3) is 0.350. The molecule has 0 saturated carbocycles. The minimum Gasteiger partial charge on any atom is -0.356 e. The topological polar surface area (TPSA) is 24.1 Å². The first-order valence-corrected chi connectivity index (χ1v) is 9.74. The van der Waals surface area contributed by atoms with Crippen molar-refractivity contribution < 1.29 is 0 Å². The van der Waals surface area contributed by atoms with Crippen LogP contribution in [0.4, 0.5) is 5.69 Å². The molecule has 0 aliphatic rings. The third kappa shape index (κ3) is 5.34. The van der Waals surface area contributed by atoms with Crippen LogP contribution < -0.4 is 10.6 Å². The Hall–Kier alpha value is -1.29. The Morgan fingerprint density at radius 3 is 2.24 bits per heavy atom. The molecule has 2 nitrogen and oxygen atoms in total. The zero-order valence-electron chi connectivity index (χ0n) is 14.8. The molecule has 0 spiro atoms. The molecule has 0 radical (unpaired) electrons. The van der Waals surface area contributed by atoms with Gasteiger partial charge in [-0.25, -0.2) is 0 Å². The largest absolute Gasteiger partial charge is 0.356 e. The molecule has 5 heteroatoms. The van der Waals surface area contributed by atoms with Gasteiger partial charge in [0.15, 0.2) is 5.11 Å². The first-order valence-electron chi connectivity index (χ1n) is 8.57. The van der Waals surface area contributed by atoms with E-state index in [9.17, 15) is 0 Å². The maximum atomic E-state index is 6.20. The Kier molecular flexibility index (Phi) is 7.55. The second kappa shape index (κ2) is 9.42. The standard InChI is InChI=1S/C20H24Cl2N2S/c1-4-13(3)14-9-11-15(12-10-14)17(5-2)23-20(25)24-18-8-6-7-16(21)19(18)22/h6-13,17H,4-5H2,1-3H3,(H2,23,24,25)/t13-,17+/m1/s1. The van der Waals surface area contributed by atoms with E-state index in [1.54, 1.807) is 6.07 Å². The van der Waals surface area contributed by atoms with Gasteiger partial charge >= 0.3 is 0 Å². The van der Waals surface area contributed by atoms with Gasteiger partial charge < -0.3 is 10.6 Å². The lowest BCUT2D eigenvalue weighted by Crippen LogP contribution is -2.32. The highest BCUT2D eigenvalue weighted by Crippen LogP contribution is 2.29. The molecule has 0 unspecified atom stereocenters. The van der Waals surface area contributed by atoms with Crippen LogP contribution in [0.15, 0.2) is 42.5 Å². The number of nitrogens with one attached hydrogen (secondary N) is 2. The van der Waals surface area contributed by atoms with Crippen LogP contribution in [0.1, 0.15) is 56.7 Å². The van der Waals surface area contributed by atoms with Crippen LogP contribution in [0.25, 0.3) is 0 Å². The van der Waals surface area contributed by atoms with Crippen LogP contribution in [-0.4, -0.2) is 5.11 Å². The van der Waals surface area contributed by atoms with E-state index in [0.717, 1.165) is 12.8 Å². The lowest BCUT2D eigenvalue weighted by molar-refractivity contribution is 0.628. The van der Waals surface area contributed by atoms with Crippen molar-refractivity contribution in [3.05, 3.63) is 63.6 Å². The van der Waals surface area contributed by atoms with Gasteiger partial charge in [-0.15, -0.1) is 0 Å². The van der Waals surface area contributed by atoms with Gasteiger partial charge in [0.25, 0.3) is 0 Å². The normalized spacial score (nSPS) is 13.2. The Morgan fingerprint density at radius 2 is 1.64 bits per heavy atom. The van der Waals surface area contributed by atoms with E-state index in [4.69, 9.17) is 35.4 Å². The summed E-state index contributed by atoms with van der Waals surface area (Å²) in [5.41, 5.74) is 3.29. The van der Waals surface area contributed by atoms with Crippen molar-refractivity contribution in [2.75, 3.05) is 5.32 Å². The van der Waals surface area contributed by atoms with Crippen molar-refractivity contribution in [2.24, 2.45) is 0 Å². The molecular weight excluding hydrogens is 371 g/mol. The fourth-order valence-corrected chi connectivity index (χ4v) is 3.23. The van der Waals surface area contributed by atoms with Gasteiger partial charge in [-0.1, -0.05) is 74.3 Å². The van der Waals surface area contributed by atoms with Gasteiger partial charge in [-0.3, -0.25) is 0 Å². The minimum atomic E-state index is 0.143. The molecule has 0 aliphatic carbocycles. The summed E-state index contributed by atoms with van der Waals surface area (Å²) in [5, 5.41) is 7.99. The summed E-state index contributed by atoms with van der Waals surface area (Å²) < 4.78 is 0. The lowest BCUT2D eigenvalue weighted by atomic mass is 9.95. The van der Waals surface area contributed by atoms with E-state index in [0.29, 0.717) is 26.8 Å². The predicted octanol–water partition coefficient (Wildman–Crippen LogP) is 6.94. The number of hydrogen-bond donors (Lipinski definition) is 2. The van der Waals surface area contributed by atoms with E-state index in [1.807, 2.05) is 12.1 Å². The zero-order chi connectivity index (χ0) is 18.4. The number of halogens is 2. The molecular formula is C20H24Cl2N2S. The van der Waals surface area contributed by atoms with Crippen molar-refractivity contribution in [3.63, 3.8) is 0 Å². The highest BCUT2D eigenvalue weighted by molar-refractivity contribution is 7.80. The third-order valence-electron chi connectivity index (χ3n) is 4.43. The Bertz CT molecular complexity index is 716. The molecule has 0 aliphatic heterocycles. The fourth-order valence-electron chi connectivity index (χ4n) is 2.63.